The molecule has 64 heavy (non-hydrogen) atoms. The van der Waals surface area contributed by atoms with Gasteiger partial charge < -0.3 is 8.98 Å². The standard InChI is InChI=1S/C59H36N4O/c1-3-13-37(14-4-1)40-25-28-41(29-26-40)57-60-58(46-30-27-39-17-7-8-18-42(39)33-46)62-59(61-57)48-22-12-24-54-55(48)47-21-11-23-52(56(47)64-54)63-51-32-31-45(38-15-5-2-6-16-38)35-49(51)50-34-43-19-9-10-20-44(43)36-53(50)63/h1-36H. The smallest absolute Gasteiger partial charge is 0.164 e. The van der Waals surface area contributed by atoms with E-state index in [0.717, 1.165) is 77.2 Å². The highest BCUT2D eigenvalue weighted by Crippen LogP contribution is 2.43. The van der Waals surface area contributed by atoms with Crippen LogP contribution in [0.1, 0.15) is 0 Å². The van der Waals surface area contributed by atoms with E-state index >= 15 is 0 Å². The zero-order valence-corrected chi connectivity index (χ0v) is 34.5. The molecule has 0 spiro atoms. The average Bonchev–Trinajstić information content (AvgIpc) is 3.91. The lowest BCUT2D eigenvalue weighted by Gasteiger charge is -2.11. The summed E-state index contributed by atoms with van der Waals surface area (Å²) in [6, 6.07) is 76.9. The Morgan fingerprint density at radius 2 is 0.891 bits per heavy atom. The summed E-state index contributed by atoms with van der Waals surface area (Å²) in [5, 5.41) is 9.00. The fourth-order valence-corrected chi connectivity index (χ4v) is 9.50. The summed E-state index contributed by atoms with van der Waals surface area (Å²) in [4.78, 5) is 15.6. The molecule has 0 radical (unpaired) electrons. The lowest BCUT2D eigenvalue weighted by molar-refractivity contribution is 0.666. The van der Waals surface area contributed by atoms with Gasteiger partial charge >= 0.3 is 0 Å². The normalized spacial score (nSPS) is 11.8. The number of hydrogen-bond acceptors (Lipinski definition) is 4. The van der Waals surface area contributed by atoms with E-state index in [4.69, 9.17) is 19.4 Å². The van der Waals surface area contributed by atoms with Gasteiger partial charge in [-0.3, -0.25) is 0 Å². The predicted octanol–water partition coefficient (Wildman–Crippen LogP) is 15.5. The fourth-order valence-electron chi connectivity index (χ4n) is 9.50. The molecule has 0 saturated heterocycles. The van der Waals surface area contributed by atoms with Crippen molar-refractivity contribution >= 4 is 65.3 Å². The van der Waals surface area contributed by atoms with Crippen molar-refractivity contribution in [3.05, 3.63) is 218 Å². The van der Waals surface area contributed by atoms with Crippen molar-refractivity contribution in [2.45, 2.75) is 0 Å². The Hall–Kier alpha value is -8.67. The largest absolute Gasteiger partial charge is 0.454 e. The van der Waals surface area contributed by atoms with E-state index in [1.54, 1.807) is 0 Å². The van der Waals surface area contributed by atoms with Crippen LogP contribution in [0.15, 0.2) is 223 Å². The summed E-state index contributed by atoms with van der Waals surface area (Å²) in [5.41, 5.74) is 12.1. The molecule has 5 heteroatoms. The topological polar surface area (TPSA) is 56.7 Å². The molecule has 0 saturated carbocycles. The van der Waals surface area contributed by atoms with Crippen LogP contribution in [0.5, 0.6) is 0 Å². The van der Waals surface area contributed by atoms with Crippen LogP contribution in [-0.2, 0) is 0 Å². The van der Waals surface area contributed by atoms with Gasteiger partial charge in [0.25, 0.3) is 0 Å². The maximum Gasteiger partial charge on any atom is 0.164 e. The second kappa shape index (κ2) is 14.5. The van der Waals surface area contributed by atoms with Gasteiger partial charge in [-0.25, -0.2) is 15.0 Å². The van der Waals surface area contributed by atoms with Crippen LogP contribution in [-0.4, -0.2) is 19.5 Å². The summed E-state index contributed by atoms with van der Waals surface area (Å²) in [5.74, 6) is 1.79. The van der Waals surface area contributed by atoms with Gasteiger partial charge in [-0.1, -0.05) is 176 Å². The molecule has 0 atom stereocenters. The van der Waals surface area contributed by atoms with Crippen molar-refractivity contribution in [1.29, 1.82) is 0 Å². The summed E-state index contributed by atoms with van der Waals surface area (Å²) in [6.07, 6.45) is 0. The number of benzene rings is 10. The van der Waals surface area contributed by atoms with E-state index in [9.17, 15) is 0 Å². The van der Waals surface area contributed by atoms with Gasteiger partial charge in [0.15, 0.2) is 23.1 Å². The summed E-state index contributed by atoms with van der Waals surface area (Å²) >= 11 is 0. The molecule has 0 aliphatic heterocycles. The summed E-state index contributed by atoms with van der Waals surface area (Å²) in [7, 11) is 0. The summed E-state index contributed by atoms with van der Waals surface area (Å²) < 4.78 is 9.36. The van der Waals surface area contributed by atoms with E-state index in [-0.39, 0.29) is 0 Å². The molecule has 0 amide bonds. The molecular formula is C59H36N4O. The number of fused-ring (bicyclic) bond motifs is 8. The number of hydrogen-bond donors (Lipinski definition) is 0. The van der Waals surface area contributed by atoms with Crippen molar-refractivity contribution in [3.8, 4) is 62.1 Å². The van der Waals surface area contributed by atoms with E-state index < -0.39 is 0 Å². The SMILES string of the molecule is c1ccc(-c2ccc(-c3nc(-c4ccc5ccccc5c4)nc(-c4cccc5oc6c(-n7c8ccc(-c9ccccc9)cc8c8cc9ccccc9cc87)cccc6c45)n3)cc2)cc1. The first-order valence-corrected chi connectivity index (χ1v) is 21.6. The lowest BCUT2D eigenvalue weighted by Crippen LogP contribution is -2.00. The highest BCUT2D eigenvalue weighted by molar-refractivity contribution is 6.17. The van der Waals surface area contributed by atoms with Crippen LogP contribution < -0.4 is 0 Å². The molecule has 0 N–H and O–H groups in total. The highest BCUT2D eigenvalue weighted by atomic mass is 16.3. The second-order valence-corrected chi connectivity index (χ2v) is 16.4. The van der Waals surface area contributed by atoms with Gasteiger partial charge in [0.1, 0.15) is 5.58 Å². The molecule has 0 aliphatic rings. The molecule has 0 fully saturated rings. The van der Waals surface area contributed by atoms with Gasteiger partial charge in [-0.15, -0.1) is 0 Å². The molecule has 298 valence electrons. The lowest BCUT2D eigenvalue weighted by atomic mass is 10.0. The van der Waals surface area contributed by atoms with Crippen molar-refractivity contribution in [3.63, 3.8) is 0 Å². The van der Waals surface area contributed by atoms with Gasteiger partial charge in [-0.2, -0.15) is 0 Å². The van der Waals surface area contributed by atoms with Crippen LogP contribution in [0, 0.1) is 0 Å². The van der Waals surface area contributed by atoms with Gasteiger partial charge in [0.2, 0.25) is 0 Å². The quantitative estimate of drug-likeness (QED) is 0.168. The van der Waals surface area contributed by atoms with E-state index in [0.29, 0.717) is 17.5 Å². The minimum atomic E-state index is 0.579. The Bertz CT molecular complexity index is 3940. The third-order valence-corrected chi connectivity index (χ3v) is 12.6. The maximum atomic E-state index is 6.99. The molecular weight excluding hydrogens is 781 g/mol. The molecule has 3 aromatic heterocycles. The predicted molar refractivity (Wildman–Crippen MR) is 264 cm³/mol. The molecule has 0 bridgehead atoms. The number of para-hydroxylation sites is 1. The molecule has 0 aliphatic carbocycles. The van der Waals surface area contributed by atoms with Gasteiger partial charge in [0, 0.05) is 38.2 Å². The Balaban J connectivity index is 1.02. The van der Waals surface area contributed by atoms with E-state index in [1.165, 1.54) is 32.7 Å². The molecule has 3 heterocycles. The third kappa shape index (κ3) is 5.90. The number of furan rings is 1. The zero-order valence-electron chi connectivity index (χ0n) is 34.5. The third-order valence-electron chi connectivity index (χ3n) is 12.6. The second-order valence-electron chi connectivity index (χ2n) is 16.4. The minimum absolute atomic E-state index is 0.579. The Kier molecular flexibility index (Phi) is 8.15. The van der Waals surface area contributed by atoms with E-state index in [2.05, 4.69) is 205 Å². The van der Waals surface area contributed by atoms with Crippen molar-refractivity contribution < 1.29 is 4.42 Å². The number of aromatic nitrogens is 4. The molecule has 5 nitrogen and oxygen atoms in total. The minimum Gasteiger partial charge on any atom is -0.454 e. The van der Waals surface area contributed by atoms with Crippen molar-refractivity contribution in [1.82, 2.24) is 19.5 Å². The molecule has 0 unspecified atom stereocenters. The monoisotopic (exact) mass is 816 g/mol. The van der Waals surface area contributed by atoms with Crippen LogP contribution in [0.3, 0.4) is 0 Å². The van der Waals surface area contributed by atoms with Gasteiger partial charge in [0.05, 0.1) is 16.7 Å². The van der Waals surface area contributed by atoms with Crippen LogP contribution in [0.2, 0.25) is 0 Å². The molecule has 13 rings (SSSR count). The highest BCUT2D eigenvalue weighted by Gasteiger charge is 2.22. The van der Waals surface area contributed by atoms with E-state index in [1.807, 2.05) is 18.2 Å². The van der Waals surface area contributed by atoms with Crippen LogP contribution >= 0.6 is 0 Å². The van der Waals surface area contributed by atoms with Crippen molar-refractivity contribution in [2.24, 2.45) is 0 Å². The van der Waals surface area contributed by atoms with Gasteiger partial charge in [-0.05, 0) is 86.3 Å². The first-order valence-electron chi connectivity index (χ1n) is 21.6. The number of nitrogens with zero attached hydrogens (tertiary/aromatic N) is 4. The zero-order chi connectivity index (χ0) is 42.1. The first-order chi connectivity index (χ1) is 31.7. The Labute approximate surface area is 368 Å². The van der Waals surface area contributed by atoms with Crippen molar-refractivity contribution in [2.75, 3.05) is 0 Å². The van der Waals surface area contributed by atoms with Crippen LogP contribution in [0.25, 0.3) is 127 Å². The Morgan fingerprint density at radius 1 is 0.328 bits per heavy atom. The molecule has 10 aromatic carbocycles. The number of rotatable bonds is 6. The maximum absolute atomic E-state index is 6.99. The average molecular weight is 817 g/mol. The van der Waals surface area contributed by atoms with Crippen LogP contribution in [0.4, 0.5) is 0 Å². The summed E-state index contributed by atoms with van der Waals surface area (Å²) in [6.45, 7) is 0. The Morgan fingerprint density at radius 3 is 1.66 bits per heavy atom. The fraction of sp³-hybridized carbons (Fsp3) is 0. The molecule has 13 aromatic rings. The first kappa shape index (κ1) is 36.0.